The van der Waals surface area contributed by atoms with E-state index >= 15 is 0 Å². The minimum atomic E-state index is -0.713. The van der Waals surface area contributed by atoms with Crippen LogP contribution in [0.15, 0.2) is 11.0 Å². The van der Waals surface area contributed by atoms with Gasteiger partial charge in [-0.1, -0.05) is 5.21 Å². The number of aliphatic hydroxyl groups excluding tert-OH is 1. The van der Waals surface area contributed by atoms with Gasteiger partial charge < -0.3 is 10.4 Å². The Morgan fingerprint density at radius 3 is 2.80 bits per heavy atom. The molecule has 8 nitrogen and oxygen atoms in total. The molecule has 0 aliphatic heterocycles. The molecule has 20 heavy (non-hydrogen) atoms. The van der Waals surface area contributed by atoms with E-state index in [0.29, 0.717) is 17.6 Å². The largest absolute Gasteiger partial charge is 0.390 e. The number of aromatic nitrogens is 5. The van der Waals surface area contributed by atoms with Crippen molar-refractivity contribution < 1.29 is 5.11 Å². The lowest BCUT2D eigenvalue weighted by atomic mass is 10.1. The molecule has 0 bridgehead atoms. The minimum Gasteiger partial charge on any atom is -0.390 e. The highest BCUT2D eigenvalue weighted by Gasteiger charge is 2.15. The maximum Gasteiger partial charge on any atom is 0.280 e. The summed E-state index contributed by atoms with van der Waals surface area (Å²) in [6.45, 7) is 6.50. The van der Waals surface area contributed by atoms with Crippen LogP contribution in [0.5, 0.6) is 0 Å². The van der Waals surface area contributed by atoms with Gasteiger partial charge in [0, 0.05) is 19.1 Å². The molecule has 1 atom stereocenters. The van der Waals surface area contributed by atoms with Gasteiger partial charge in [0.15, 0.2) is 5.65 Å². The molecule has 2 rings (SSSR count). The number of β-amino-alcohol motifs (C(OH)–C–C–N with tert-alkyl or cyclic N) is 1. The van der Waals surface area contributed by atoms with Crippen molar-refractivity contribution in [3.8, 4) is 0 Å². The molecule has 2 heterocycles. The third-order valence-electron chi connectivity index (χ3n) is 2.87. The van der Waals surface area contributed by atoms with E-state index in [1.807, 2.05) is 20.8 Å². The van der Waals surface area contributed by atoms with Crippen LogP contribution in [0, 0.1) is 0 Å². The van der Waals surface area contributed by atoms with E-state index < -0.39 is 6.10 Å². The Labute approximate surface area is 116 Å². The van der Waals surface area contributed by atoms with Crippen LogP contribution in [0.2, 0.25) is 0 Å². The summed E-state index contributed by atoms with van der Waals surface area (Å²) in [5.41, 5.74) is 0.0525. The van der Waals surface area contributed by atoms with Crippen LogP contribution in [0.1, 0.15) is 20.8 Å². The first-order valence-corrected chi connectivity index (χ1v) is 6.46. The average molecular weight is 280 g/mol. The molecule has 0 aromatic carbocycles. The first-order chi connectivity index (χ1) is 9.28. The maximum atomic E-state index is 12.2. The van der Waals surface area contributed by atoms with Gasteiger partial charge in [-0.2, -0.15) is 5.10 Å². The van der Waals surface area contributed by atoms with E-state index in [0.717, 1.165) is 0 Å². The van der Waals surface area contributed by atoms with Crippen molar-refractivity contribution in [2.45, 2.75) is 39.0 Å². The highest BCUT2D eigenvalue weighted by molar-refractivity contribution is 5.72. The number of hydrogen-bond donors (Lipinski definition) is 2. The van der Waals surface area contributed by atoms with Gasteiger partial charge in [0.05, 0.1) is 18.8 Å². The van der Waals surface area contributed by atoms with Gasteiger partial charge in [0.2, 0.25) is 0 Å². The first kappa shape index (κ1) is 14.6. The highest BCUT2D eigenvalue weighted by Crippen LogP contribution is 2.02. The van der Waals surface area contributed by atoms with Gasteiger partial charge in [-0.15, -0.1) is 5.10 Å². The second-order valence-corrected chi connectivity index (χ2v) is 5.87. The SMILES string of the molecule is Cn1ncc2c(=O)n(CC(O)CNC(C)(C)C)nnc21. The molecule has 0 aliphatic rings. The number of rotatable bonds is 4. The normalized spacial score (nSPS) is 13.8. The zero-order valence-corrected chi connectivity index (χ0v) is 12.2. The third-order valence-corrected chi connectivity index (χ3v) is 2.87. The topological polar surface area (TPSA) is 97.9 Å². The summed E-state index contributed by atoms with van der Waals surface area (Å²) in [6.07, 6.45) is 0.748. The van der Waals surface area contributed by atoms with Crippen molar-refractivity contribution in [3.63, 3.8) is 0 Å². The van der Waals surface area contributed by atoms with Crippen LogP contribution in [-0.2, 0) is 13.6 Å². The van der Waals surface area contributed by atoms with Crippen LogP contribution < -0.4 is 10.9 Å². The second kappa shape index (κ2) is 5.29. The number of fused-ring (bicyclic) bond motifs is 1. The molecule has 0 aliphatic carbocycles. The summed E-state index contributed by atoms with van der Waals surface area (Å²) in [4.78, 5) is 12.2. The van der Waals surface area contributed by atoms with Crippen LogP contribution in [0.4, 0.5) is 0 Å². The molecule has 2 N–H and O–H groups in total. The van der Waals surface area contributed by atoms with Gasteiger partial charge in [-0.3, -0.25) is 4.79 Å². The quantitative estimate of drug-likeness (QED) is 0.766. The second-order valence-electron chi connectivity index (χ2n) is 5.87. The van der Waals surface area contributed by atoms with Gasteiger partial charge >= 0.3 is 0 Å². The van der Waals surface area contributed by atoms with Gasteiger partial charge in [0.25, 0.3) is 5.56 Å². The summed E-state index contributed by atoms with van der Waals surface area (Å²) < 4.78 is 2.66. The maximum absolute atomic E-state index is 12.2. The predicted octanol–water partition coefficient (Wildman–Crippen LogP) is -0.726. The smallest absolute Gasteiger partial charge is 0.280 e. The Balaban J connectivity index is 2.14. The molecule has 2 aromatic rings. The van der Waals surface area contributed by atoms with Gasteiger partial charge in [-0.05, 0) is 20.8 Å². The Hall–Kier alpha value is -1.80. The fraction of sp³-hybridized carbons (Fsp3) is 0.667. The van der Waals surface area contributed by atoms with Crippen LogP contribution >= 0.6 is 0 Å². The summed E-state index contributed by atoms with van der Waals surface area (Å²) in [7, 11) is 1.70. The lowest BCUT2D eigenvalue weighted by Gasteiger charge is -2.22. The molecule has 0 amide bonds. The number of nitrogens with zero attached hydrogens (tertiary/aromatic N) is 5. The third kappa shape index (κ3) is 3.20. The van der Waals surface area contributed by atoms with E-state index in [1.165, 1.54) is 15.6 Å². The number of aliphatic hydroxyl groups is 1. The van der Waals surface area contributed by atoms with Gasteiger partial charge in [-0.25, -0.2) is 9.36 Å². The molecule has 1 unspecified atom stereocenters. The Bertz CT molecular complexity index is 654. The van der Waals surface area contributed by atoms with Crippen molar-refractivity contribution in [1.29, 1.82) is 0 Å². The number of aryl methyl sites for hydroxylation is 1. The molecule has 0 saturated carbocycles. The van der Waals surface area contributed by atoms with Crippen LogP contribution in [0.25, 0.3) is 11.0 Å². The highest BCUT2D eigenvalue weighted by atomic mass is 16.3. The standard InChI is InChI=1S/C12H20N6O2/c1-12(2,3)13-5-8(19)7-18-11(20)9-6-14-17(4)10(9)15-16-18/h6,8,13,19H,5,7H2,1-4H3. The summed E-state index contributed by atoms with van der Waals surface area (Å²) >= 11 is 0. The predicted molar refractivity (Wildman–Crippen MR) is 74.3 cm³/mol. The van der Waals surface area contributed by atoms with Crippen molar-refractivity contribution in [2.24, 2.45) is 7.05 Å². The Morgan fingerprint density at radius 2 is 2.15 bits per heavy atom. The fourth-order valence-electron chi connectivity index (χ4n) is 1.78. The molecule has 0 saturated heterocycles. The zero-order valence-electron chi connectivity index (χ0n) is 12.2. The van der Waals surface area contributed by atoms with E-state index in [-0.39, 0.29) is 17.6 Å². The van der Waals surface area contributed by atoms with E-state index in [1.54, 1.807) is 7.05 Å². The monoisotopic (exact) mass is 280 g/mol. The van der Waals surface area contributed by atoms with E-state index in [4.69, 9.17) is 0 Å². The molecule has 2 aromatic heterocycles. The Morgan fingerprint density at radius 1 is 1.45 bits per heavy atom. The molecular weight excluding hydrogens is 260 g/mol. The average Bonchev–Trinajstić information content (AvgIpc) is 2.72. The molecule has 0 radical (unpaired) electrons. The Kier molecular flexibility index (Phi) is 3.87. The number of hydrogen-bond acceptors (Lipinski definition) is 6. The van der Waals surface area contributed by atoms with E-state index in [2.05, 4.69) is 20.7 Å². The van der Waals surface area contributed by atoms with Crippen molar-refractivity contribution in [2.75, 3.05) is 6.54 Å². The molecule has 110 valence electrons. The van der Waals surface area contributed by atoms with Crippen LogP contribution in [-0.4, -0.2) is 48.1 Å². The summed E-state index contributed by atoms with van der Waals surface area (Å²) in [5, 5.41) is 25.3. The molecular formula is C12H20N6O2. The van der Waals surface area contributed by atoms with Crippen molar-refractivity contribution >= 4 is 11.0 Å². The zero-order chi connectivity index (χ0) is 14.9. The van der Waals surface area contributed by atoms with Crippen molar-refractivity contribution in [1.82, 2.24) is 30.1 Å². The van der Waals surface area contributed by atoms with E-state index in [9.17, 15) is 9.90 Å². The fourth-order valence-corrected chi connectivity index (χ4v) is 1.78. The minimum absolute atomic E-state index is 0.0923. The van der Waals surface area contributed by atoms with Gasteiger partial charge in [0.1, 0.15) is 5.39 Å². The van der Waals surface area contributed by atoms with Crippen LogP contribution in [0.3, 0.4) is 0 Å². The molecule has 0 spiro atoms. The van der Waals surface area contributed by atoms with Crippen molar-refractivity contribution in [3.05, 3.63) is 16.6 Å². The molecule has 0 fully saturated rings. The summed E-state index contributed by atoms with van der Waals surface area (Å²) in [5.74, 6) is 0. The lowest BCUT2D eigenvalue weighted by Crippen LogP contribution is -2.43. The first-order valence-electron chi connectivity index (χ1n) is 6.46. The lowest BCUT2D eigenvalue weighted by molar-refractivity contribution is 0.135. The number of nitrogens with one attached hydrogen (secondary N) is 1. The summed E-state index contributed by atoms with van der Waals surface area (Å²) in [6, 6.07) is 0. The molecule has 8 heteroatoms.